The van der Waals surface area contributed by atoms with Crippen molar-refractivity contribution < 1.29 is 5.11 Å². The number of nitrogens with one attached hydrogen (secondary N) is 1. The second-order valence-corrected chi connectivity index (χ2v) is 4.37. The average molecular weight is 229 g/mol. The molecule has 0 fully saturated rings. The lowest BCUT2D eigenvalue weighted by Crippen LogP contribution is -2.25. The Balaban J connectivity index is 2.47. The molecule has 0 radical (unpaired) electrons. The van der Waals surface area contributed by atoms with Gasteiger partial charge in [-0.15, -0.1) is 11.3 Å². The van der Waals surface area contributed by atoms with E-state index in [4.69, 9.17) is 5.11 Å². The normalized spacial score (nSPS) is 10.9. The van der Waals surface area contributed by atoms with E-state index in [-0.39, 0.29) is 6.61 Å². The van der Waals surface area contributed by atoms with E-state index < -0.39 is 0 Å². The number of hydrogen-bond donors (Lipinski definition) is 2. The van der Waals surface area contributed by atoms with Crippen LogP contribution in [0, 0.1) is 0 Å². The highest BCUT2D eigenvalue weighted by Gasteiger charge is 2.06. The SMILES string of the molecule is CCNc1ncc(CN(CC)CCO)s1. The van der Waals surface area contributed by atoms with Crippen molar-refractivity contribution in [3.63, 3.8) is 0 Å². The molecule has 0 aliphatic rings. The Hall–Kier alpha value is -0.650. The summed E-state index contributed by atoms with van der Waals surface area (Å²) >= 11 is 1.68. The molecule has 86 valence electrons. The van der Waals surface area contributed by atoms with Crippen LogP contribution < -0.4 is 5.32 Å². The van der Waals surface area contributed by atoms with Gasteiger partial charge in [-0.2, -0.15) is 0 Å². The van der Waals surface area contributed by atoms with Gasteiger partial charge in [-0.05, 0) is 13.5 Å². The first-order valence-electron chi connectivity index (χ1n) is 5.31. The molecular formula is C10H19N3OS. The van der Waals surface area contributed by atoms with Gasteiger partial charge in [-0.25, -0.2) is 4.98 Å². The minimum atomic E-state index is 0.215. The van der Waals surface area contributed by atoms with E-state index in [1.165, 1.54) is 4.88 Å². The van der Waals surface area contributed by atoms with Crippen LogP contribution in [0.1, 0.15) is 18.7 Å². The summed E-state index contributed by atoms with van der Waals surface area (Å²) in [6, 6.07) is 0. The second-order valence-electron chi connectivity index (χ2n) is 3.25. The van der Waals surface area contributed by atoms with E-state index >= 15 is 0 Å². The van der Waals surface area contributed by atoms with E-state index in [1.54, 1.807) is 11.3 Å². The van der Waals surface area contributed by atoms with E-state index in [0.717, 1.165) is 31.3 Å². The van der Waals surface area contributed by atoms with Crippen molar-refractivity contribution in [2.45, 2.75) is 20.4 Å². The minimum Gasteiger partial charge on any atom is -0.395 e. The molecule has 4 nitrogen and oxygen atoms in total. The molecule has 0 aliphatic heterocycles. The van der Waals surface area contributed by atoms with Crippen LogP contribution in [0.3, 0.4) is 0 Å². The molecule has 1 rings (SSSR count). The van der Waals surface area contributed by atoms with Crippen molar-refractivity contribution in [3.8, 4) is 0 Å². The molecule has 0 bridgehead atoms. The number of likely N-dealkylation sites (N-methyl/N-ethyl adjacent to an activating group) is 1. The summed E-state index contributed by atoms with van der Waals surface area (Å²) in [5.74, 6) is 0. The number of aliphatic hydroxyl groups is 1. The van der Waals surface area contributed by atoms with Crippen molar-refractivity contribution in [1.82, 2.24) is 9.88 Å². The van der Waals surface area contributed by atoms with E-state index in [0.29, 0.717) is 0 Å². The van der Waals surface area contributed by atoms with Gasteiger partial charge in [0.2, 0.25) is 0 Å². The van der Waals surface area contributed by atoms with Gasteiger partial charge >= 0.3 is 0 Å². The Labute approximate surface area is 94.9 Å². The zero-order valence-corrected chi connectivity index (χ0v) is 10.2. The topological polar surface area (TPSA) is 48.4 Å². The van der Waals surface area contributed by atoms with Gasteiger partial charge in [0, 0.05) is 30.7 Å². The van der Waals surface area contributed by atoms with Crippen molar-refractivity contribution in [2.24, 2.45) is 0 Å². The molecule has 0 unspecified atom stereocenters. The van der Waals surface area contributed by atoms with Gasteiger partial charge in [0.15, 0.2) is 5.13 Å². The fourth-order valence-corrected chi connectivity index (χ4v) is 2.25. The summed E-state index contributed by atoms with van der Waals surface area (Å²) in [7, 11) is 0. The Kier molecular flexibility index (Phi) is 5.60. The van der Waals surface area contributed by atoms with Crippen LogP contribution in [0.15, 0.2) is 6.20 Å². The molecule has 1 aromatic rings. The lowest BCUT2D eigenvalue weighted by Gasteiger charge is -2.17. The lowest BCUT2D eigenvalue weighted by molar-refractivity contribution is 0.198. The molecule has 15 heavy (non-hydrogen) atoms. The number of rotatable bonds is 7. The van der Waals surface area contributed by atoms with Gasteiger partial charge in [0.05, 0.1) is 6.61 Å². The van der Waals surface area contributed by atoms with Crippen molar-refractivity contribution in [2.75, 3.05) is 31.6 Å². The number of nitrogens with zero attached hydrogens (tertiary/aromatic N) is 2. The average Bonchev–Trinajstić information content (AvgIpc) is 2.66. The van der Waals surface area contributed by atoms with Crippen molar-refractivity contribution in [1.29, 1.82) is 0 Å². The van der Waals surface area contributed by atoms with Gasteiger partial charge in [-0.3, -0.25) is 4.90 Å². The first-order chi connectivity index (χ1) is 7.30. The van der Waals surface area contributed by atoms with Crippen LogP contribution in [-0.4, -0.2) is 41.2 Å². The van der Waals surface area contributed by atoms with E-state index in [2.05, 4.69) is 29.0 Å². The molecule has 0 atom stereocenters. The third-order valence-electron chi connectivity index (χ3n) is 2.12. The molecule has 0 aromatic carbocycles. The third kappa shape index (κ3) is 4.15. The third-order valence-corrected chi connectivity index (χ3v) is 3.06. The van der Waals surface area contributed by atoms with E-state index in [1.807, 2.05) is 6.20 Å². The molecule has 1 aromatic heterocycles. The molecule has 0 saturated heterocycles. The zero-order valence-electron chi connectivity index (χ0n) is 9.36. The fourth-order valence-electron chi connectivity index (χ4n) is 1.32. The van der Waals surface area contributed by atoms with Gasteiger partial charge in [-0.1, -0.05) is 6.92 Å². The number of aliphatic hydroxyl groups excluding tert-OH is 1. The maximum absolute atomic E-state index is 8.87. The van der Waals surface area contributed by atoms with Crippen LogP contribution in [0.4, 0.5) is 5.13 Å². The van der Waals surface area contributed by atoms with Crippen LogP contribution in [0.25, 0.3) is 0 Å². The minimum absolute atomic E-state index is 0.215. The molecule has 0 saturated carbocycles. The summed E-state index contributed by atoms with van der Waals surface area (Å²) < 4.78 is 0. The van der Waals surface area contributed by atoms with Crippen molar-refractivity contribution >= 4 is 16.5 Å². The largest absolute Gasteiger partial charge is 0.395 e. The van der Waals surface area contributed by atoms with Gasteiger partial charge in [0.1, 0.15) is 0 Å². The maximum atomic E-state index is 8.87. The first-order valence-corrected chi connectivity index (χ1v) is 6.13. The van der Waals surface area contributed by atoms with Crippen LogP contribution in [0.5, 0.6) is 0 Å². The predicted octanol–water partition coefficient (Wildman–Crippen LogP) is 1.39. The quantitative estimate of drug-likeness (QED) is 0.742. The number of thiazole rings is 1. The summed E-state index contributed by atoms with van der Waals surface area (Å²) in [4.78, 5) is 7.71. The predicted molar refractivity (Wildman–Crippen MR) is 64.3 cm³/mol. The van der Waals surface area contributed by atoms with Gasteiger partial charge in [0.25, 0.3) is 0 Å². The highest BCUT2D eigenvalue weighted by atomic mass is 32.1. The van der Waals surface area contributed by atoms with Crippen molar-refractivity contribution in [3.05, 3.63) is 11.1 Å². The Morgan fingerprint density at radius 3 is 2.93 bits per heavy atom. The zero-order chi connectivity index (χ0) is 11.1. The molecule has 0 spiro atoms. The van der Waals surface area contributed by atoms with Gasteiger partial charge < -0.3 is 10.4 Å². The highest BCUT2D eigenvalue weighted by Crippen LogP contribution is 2.19. The molecular weight excluding hydrogens is 210 g/mol. The van der Waals surface area contributed by atoms with Crippen LogP contribution >= 0.6 is 11.3 Å². The molecule has 0 aliphatic carbocycles. The summed E-state index contributed by atoms with van der Waals surface area (Å²) in [5, 5.41) is 13.0. The maximum Gasteiger partial charge on any atom is 0.182 e. The van der Waals surface area contributed by atoms with E-state index in [9.17, 15) is 0 Å². The highest BCUT2D eigenvalue weighted by molar-refractivity contribution is 7.15. The Morgan fingerprint density at radius 1 is 1.53 bits per heavy atom. The standard InChI is InChI=1S/C10H19N3OS/c1-3-11-10-12-7-9(15-10)8-13(4-2)5-6-14/h7,14H,3-6,8H2,1-2H3,(H,11,12). The number of hydrogen-bond acceptors (Lipinski definition) is 5. The van der Waals surface area contributed by atoms with Crippen LogP contribution in [-0.2, 0) is 6.54 Å². The lowest BCUT2D eigenvalue weighted by atomic mass is 10.4. The molecule has 5 heteroatoms. The second kappa shape index (κ2) is 6.76. The Bertz CT molecular complexity index is 277. The fraction of sp³-hybridized carbons (Fsp3) is 0.700. The summed E-state index contributed by atoms with van der Waals surface area (Å²) in [5.41, 5.74) is 0. The van der Waals surface area contributed by atoms with Crippen LogP contribution in [0.2, 0.25) is 0 Å². The number of anilines is 1. The monoisotopic (exact) mass is 229 g/mol. The molecule has 2 N–H and O–H groups in total. The summed E-state index contributed by atoms with van der Waals surface area (Å²) in [6.07, 6.45) is 1.91. The Morgan fingerprint density at radius 2 is 2.33 bits per heavy atom. The molecule has 1 heterocycles. The first kappa shape index (κ1) is 12.4. The molecule has 0 amide bonds. The number of aromatic nitrogens is 1. The summed E-state index contributed by atoms with van der Waals surface area (Å²) in [6.45, 7) is 7.83. The smallest absolute Gasteiger partial charge is 0.182 e.